The highest BCUT2D eigenvalue weighted by Crippen LogP contribution is 2.32. The van der Waals surface area contributed by atoms with Gasteiger partial charge in [-0.3, -0.25) is 0 Å². The molecule has 1 aromatic carbocycles. The Bertz CT molecular complexity index is 660. The molecule has 0 radical (unpaired) electrons. The third kappa shape index (κ3) is 3.35. The van der Waals surface area contributed by atoms with E-state index in [1.165, 1.54) is 12.8 Å². The van der Waals surface area contributed by atoms with Gasteiger partial charge in [-0.2, -0.15) is 0 Å². The van der Waals surface area contributed by atoms with E-state index in [1.807, 2.05) is 37.3 Å². The Morgan fingerprint density at radius 1 is 1.32 bits per heavy atom. The second kappa shape index (κ2) is 7.01. The molecule has 3 rings (SSSR count). The van der Waals surface area contributed by atoms with Crippen molar-refractivity contribution >= 4 is 33.7 Å². The van der Waals surface area contributed by atoms with Crippen LogP contribution in [-0.4, -0.2) is 25.9 Å². The molecular weight excluding hydrogens is 344 g/mol. The molecule has 1 aliphatic heterocycles. The average Bonchev–Trinajstić information content (AvgIpc) is 3.16. The number of benzene rings is 1. The minimum Gasteiger partial charge on any atom is -0.492 e. The minimum absolute atomic E-state index is 0.623. The van der Waals surface area contributed by atoms with Gasteiger partial charge in [0.05, 0.1) is 17.3 Å². The van der Waals surface area contributed by atoms with Crippen LogP contribution in [-0.2, 0) is 0 Å². The zero-order valence-corrected chi connectivity index (χ0v) is 14.2. The number of para-hydroxylation sites is 2. The van der Waals surface area contributed by atoms with Crippen molar-refractivity contribution in [3.8, 4) is 5.75 Å². The van der Waals surface area contributed by atoms with E-state index in [1.54, 1.807) is 6.21 Å². The molecule has 4 nitrogen and oxygen atoms in total. The Kier molecular flexibility index (Phi) is 4.83. The number of aliphatic imine (C=N–C) groups is 1. The number of hydrogen-bond acceptors (Lipinski definition) is 4. The third-order valence-electron chi connectivity index (χ3n) is 3.58. The fourth-order valence-corrected chi connectivity index (χ4v) is 3.11. The molecule has 1 aliphatic rings. The molecule has 22 heavy (non-hydrogen) atoms. The topological polar surface area (TPSA) is 38.0 Å². The molecule has 5 heteroatoms. The smallest absolute Gasteiger partial charge is 0.210 e. The van der Waals surface area contributed by atoms with E-state index in [-0.39, 0.29) is 0 Å². The summed E-state index contributed by atoms with van der Waals surface area (Å²) >= 11 is 3.57. The van der Waals surface area contributed by atoms with Crippen LogP contribution in [0.2, 0.25) is 0 Å². The van der Waals surface area contributed by atoms with E-state index in [2.05, 4.69) is 25.8 Å². The number of nitrogens with zero attached hydrogens (tertiary/aromatic N) is 2. The fourth-order valence-electron chi connectivity index (χ4n) is 2.55. The second-order valence-electron chi connectivity index (χ2n) is 5.15. The van der Waals surface area contributed by atoms with E-state index in [4.69, 9.17) is 9.15 Å². The number of rotatable bonds is 5. The zero-order chi connectivity index (χ0) is 15.4. The van der Waals surface area contributed by atoms with E-state index in [0.717, 1.165) is 40.6 Å². The summed E-state index contributed by atoms with van der Waals surface area (Å²) in [5.74, 6) is 2.42. The third-order valence-corrected chi connectivity index (χ3v) is 4.15. The minimum atomic E-state index is 0.623. The molecule has 0 spiro atoms. The van der Waals surface area contributed by atoms with Crippen LogP contribution < -0.4 is 9.64 Å². The van der Waals surface area contributed by atoms with E-state index < -0.39 is 0 Å². The van der Waals surface area contributed by atoms with Crippen molar-refractivity contribution in [1.82, 2.24) is 0 Å². The zero-order valence-electron chi connectivity index (χ0n) is 12.6. The Morgan fingerprint density at radius 3 is 2.86 bits per heavy atom. The maximum atomic E-state index is 5.91. The van der Waals surface area contributed by atoms with Gasteiger partial charge in [-0.15, -0.1) is 0 Å². The van der Waals surface area contributed by atoms with Crippen molar-refractivity contribution in [2.75, 3.05) is 24.6 Å². The van der Waals surface area contributed by atoms with Crippen molar-refractivity contribution in [3.63, 3.8) is 0 Å². The molecule has 0 aliphatic carbocycles. The fraction of sp³-hybridized carbons (Fsp3) is 0.353. The first kappa shape index (κ1) is 15.2. The summed E-state index contributed by atoms with van der Waals surface area (Å²) in [6, 6.07) is 9.70. The van der Waals surface area contributed by atoms with Gasteiger partial charge in [0.1, 0.15) is 17.2 Å². The molecule has 1 aromatic heterocycles. The predicted molar refractivity (Wildman–Crippen MR) is 92.7 cm³/mol. The van der Waals surface area contributed by atoms with Gasteiger partial charge in [0.25, 0.3) is 0 Å². The molecule has 1 fully saturated rings. The maximum absolute atomic E-state index is 5.91. The summed E-state index contributed by atoms with van der Waals surface area (Å²) < 4.78 is 12.5. The number of furan rings is 1. The molecule has 2 aromatic rings. The van der Waals surface area contributed by atoms with Gasteiger partial charge in [-0.05, 0) is 47.8 Å². The molecule has 0 amide bonds. The lowest BCUT2D eigenvalue weighted by Gasteiger charge is -2.13. The molecule has 2 heterocycles. The second-order valence-corrected chi connectivity index (χ2v) is 6.01. The molecule has 0 unspecified atom stereocenters. The monoisotopic (exact) mass is 362 g/mol. The summed E-state index contributed by atoms with van der Waals surface area (Å²) in [6.07, 6.45) is 4.18. The Labute approximate surface area is 138 Å². The highest BCUT2D eigenvalue weighted by molar-refractivity contribution is 9.10. The van der Waals surface area contributed by atoms with Crippen LogP contribution in [0.15, 0.2) is 44.2 Å². The molecule has 1 saturated heterocycles. The first-order valence-electron chi connectivity index (χ1n) is 7.58. The van der Waals surface area contributed by atoms with Crippen LogP contribution in [0.25, 0.3) is 0 Å². The van der Waals surface area contributed by atoms with Crippen molar-refractivity contribution in [2.24, 2.45) is 4.99 Å². The summed E-state index contributed by atoms with van der Waals surface area (Å²) in [4.78, 5) is 6.75. The molecule has 0 N–H and O–H groups in total. The van der Waals surface area contributed by atoms with E-state index >= 15 is 0 Å². The van der Waals surface area contributed by atoms with Crippen LogP contribution in [0.3, 0.4) is 0 Å². The molecular formula is C17H19BrN2O2. The highest BCUT2D eigenvalue weighted by Gasteiger charge is 2.19. The maximum Gasteiger partial charge on any atom is 0.210 e. The normalized spacial score (nSPS) is 14.9. The van der Waals surface area contributed by atoms with Gasteiger partial charge in [0, 0.05) is 19.2 Å². The van der Waals surface area contributed by atoms with Crippen molar-refractivity contribution in [3.05, 3.63) is 40.6 Å². The molecule has 116 valence electrons. The van der Waals surface area contributed by atoms with E-state index in [9.17, 15) is 0 Å². The van der Waals surface area contributed by atoms with Gasteiger partial charge in [-0.25, -0.2) is 4.99 Å². The summed E-state index contributed by atoms with van der Waals surface area (Å²) in [7, 11) is 0. The van der Waals surface area contributed by atoms with Gasteiger partial charge in [0.2, 0.25) is 5.88 Å². The average molecular weight is 363 g/mol. The van der Waals surface area contributed by atoms with Crippen molar-refractivity contribution < 1.29 is 9.15 Å². The van der Waals surface area contributed by atoms with Crippen LogP contribution in [0.5, 0.6) is 5.75 Å². The molecule has 0 bridgehead atoms. The van der Waals surface area contributed by atoms with Crippen LogP contribution in [0.4, 0.5) is 11.6 Å². The Morgan fingerprint density at radius 2 is 2.09 bits per heavy atom. The van der Waals surface area contributed by atoms with Crippen molar-refractivity contribution in [2.45, 2.75) is 19.8 Å². The van der Waals surface area contributed by atoms with Crippen molar-refractivity contribution in [1.29, 1.82) is 0 Å². The SMILES string of the molecule is CCOc1ccccc1N=Cc1cc(Br)c(N2CCCC2)o1. The summed E-state index contributed by atoms with van der Waals surface area (Å²) in [5, 5.41) is 0. The lowest BCUT2D eigenvalue weighted by atomic mass is 10.3. The largest absolute Gasteiger partial charge is 0.492 e. The van der Waals surface area contributed by atoms with Crippen LogP contribution in [0.1, 0.15) is 25.5 Å². The lowest BCUT2D eigenvalue weighted by Crippen LogP contribution is -2.17. The summed E-state index contributed by atoms with van der Waals surface area (Å²) in [6.45, 7) is 4.69. The molecule has 0 atom stereocenters. The first-order chi connectivity index (χ1) is 10.8. The van der Waals surface area contributed by atoms with Gasteiger partial charge < -0.3 is 14.1 Å². The van der Waals surface area contributed by atoms with E-state index in [0.29, 0.717) is 6.61 Å². The Hall–Kier alpha value is -1.75. The lowest BCUT2D eigenvalue weighted by molar-refractivity contribution is 0.341. The van der Waals surface area contributed by atoms with Crippen LogP contribution in [0, 0.1) is 0 Å². The van der Waals surface area contributed by atoms with Gasteiger partial charge in [-0.1, -0.05) is 12.1 Å². The number of anilines is 1. The van der Waals surface area contributed by atoms with Crippen LogP contribution >= 0.6 is 15.9 Å². The Balaban J connectivity index is 1.79. The van der Waals surface area contributed by atoms with Gasteiger partial charge >= 0.3 is 0 Å². The number of hydrogen-bond donors (Lipinski definition) is 0. The number of halogens is 1. The highest BCUT2D eigenvalue weighted by atomic mass is 79.9. The standard InChI is InChI=1S/C17H19BrN2O2/c1-2-21-16-8-4-3-7-15(16)19-12-13-11-14(18)17(22-13)20-9-5-6-10-20/h3-4,7-8,11-12H,2,5-6,9-10H2,1H3. The predicted octanol–water partition coefficient (Wildman–Crippen LogP) is 4.79. The summed E-state index contributed by atoms with van der Waals surface area (Å²) in [5.41, 5.74) is 0.805. The number of ether oxygens (including phenoxy) is 1. The van der Waals surface area contributed by atoms with Gasteiger partial charge in [0.15, 0.2) is 0 Å². The molecule has 0 saturated carbocycles. The first-order valence-corrected chi connectivity index (χ1v) is 8.37. The quantitative estimate of drug-likeness (QED) is 0.717.